The Hall–Kier alpha value is -1.62. The summed E-state index contributed by atoms with van der Waals surface area (Å²) in [5, 5.41) is 7.74. The Labute approximate surface area is 152 Å². The molecule has 1 amide bonds. The summed E-state index contributed by atoms with van der Waals surface area (Å²) >= 11 is 3.41. The summed E-state index contributed by atoms with van der Waals surface area (Å²) in [4.78, 5) is 12.4. The number of nitrogens with one attached hydrogen (secondary N) is 1. The Morgan fingerprint density at radius 1 is 1.12 bits per heavy atom. The van der Waals surface area contributed by atoms with Gasteiger partial charge in [0.15, 0.2) is 0 Å². The van der Waals surface area contributed by atoms with E-state index in [0.29, 0.717) is 6.42 Å². The minimum atomic E-state index is -0.205. The van der Waals surface area contributed by atoms with Crippen molar-refractivity contribution in [3.05, 3.63) is 46.1 Å². The van der Waals surface area contributed by atoms with Crippen molar-refractivity contribution >= 4 is 27.7 Å². The zero-order valence-corrected chi connectivity index (χ0v) is 16.9. The number of carbonyl (C=O) groups is 1. The average molecular weight is 392 g/mol. The van der Waals surface area contributed by atoms with Gasteiger partial charge in [0, 0.05) is 16.0 Å². The van der Waals surface area contributed by atoms with Gasteiger partial charge in [0.05, 0.1) is 17.7 Å². The molecule has 5 heteroatoms. The van der Waals surface area contributed by atoms with Gasteiger partial charge in [0.25, 0.3) is 0 Å². The zero-order valence-electron chi connectivity index (χ0n) is 15.3. The smallest absolute Gasteiger partial charge is 0.229 e. The molecule has 0 saturated heterocycles. The van der Waals surface area contributed by atoms with Crippen molar-refractivity contribution in [2.45, 2.75) is 58.9 Å². The molecule has 24 heavy (non-hydrogen) atoms. The maximum absolute atomic E-state index is 12.4. The second-order valence-corrected chi connectivity index (χ2v) is 9.01. The van der Waals surface area contributed by atoms with Crippen molar-refractivity contribution in [2.24, 2.45) is 0 Å². The molecule has 0 aliphatic carbocycles. The van der Waals surface area contributed by atoms with Crippen LogP contribution in [0, 0.1) is 0 Å². The van der Waals surface area contributed by atoms with Gasteiger partial charge < -0.3 is 5.32 Å². The second-order valence-electron chi connectivity index (χ2n) is 8.10. The van der Waals surface area contributed by atoms with Crippen LogP contribution >= 0.6 is 15.9 Å². The van der Waals surface area contributed by atoms with E-state index >= 15 is 0 Å². The van der Waals surface area contributed by atoms with Crippen molar-refractivity contribution in [1.29, 1.82) is 0 Å². The molecule has 0 fully saturated rings. The van der Waals surface area contributed by atoms with E-state index < -0.39 is 0 Å². The van der Waals surface area contributed by atoms with Crippen LogP contribution in [-0.4, -0.2) is 15.7 Å². The van der Waals surface area contributed by atoms with Gasteiger partial charge in [-0.2, -0.15) is 5.10 Å². The molecule has 0 unspecified atom stereocenters. The molecule has 1 heterocycles. The summed E-state index contributed by atoms with van der Waals surface area (Å²) in [5.74, 6) is 0.706. The van der Waals surface area contributed by atoms with Crippen LogP contribution in [0.1, 0.15) is 52.8 Å². The van der Waals surface area contributed by atoms with Gasteiger partial charge in [-0.25, -0.2) is 4.68 Å². The van der Waals surface area contributed by atoms with E-state index in [9.17, 15) is 4.79 Å². The third-order valence-electron chi connectivity index (χ3n) is 3.66. The maximum Gasteiger partial charge on any atom is 0.229 e. The lowest BCUT2D eigenvalue weighted by Crippen LogP contribution is -2.27. The van der Waals surface area contributed by atoms with Crippen LogP contribution in [0.25, 0.3) is 0 Å². The molecule has 1 aromatic carbocycles. The molecule has 2 rings (SSSR count). The van der Waals surface area contributed by atoms with E-state index in [-0.39, 0.29) is 16.9 Å². The van der Waals surface area contributed by atoms with Crippen LogP contribution in [0.15, 0.2) is 34.8 Å². The van der Waals surface area contributed by atoms with Gasteiger partial charge in [-0.3, -0.25) is 4.79 Å². The first-order chi connectivity index (χ1) is 11.0. The first-order valence-corrected chi connectivity index (χ1v) is 8.91. The molecular weight excluding hydrogens is 366 g/mol. The number of nitrogens with zero attached hydrogens (tertiary/aromatic N) is 2. The Balaban J connectivity index is 2.23. The minimum absolute atomic E-state index is 0.0387. The number of anilines is 1. The Kier molecular flexibility index (Phi) is 5.23. The maximum atomic E-state index is 12.4. The zero-order chi connectivity index (χ0) is 18.1. The van der Waals surface area contributed by atoms with Crippen LogP contribution in [0.2, 0.25) is 0 Å². The number of benzene rings is 1. The predicted molar refractivity (Wildman–Crippen MR) is 102 cm³/mol. The average Bonchev–Trinajstić information content (AvgIpc) is 2.85. The minimum Gasteiger partial charge on any atom is -0.311 e. The van der Waals surface area contributed by atoms with E-state index in [1.807, 2.05) is 35.0 Å². The topological polar surface area (TPSA) is 46.9 Å². The molecule has 0 radical (unpaired) electrons. The number of aromatic nitrogens is 2. The lowest BCUT2D eigenvalue weighted by molar-refractivity contribution is -0.115. The fourth-order valence-corrected chi connectivity index (χ4v) is 2.59. The largest absolute Gasteiger partial charge is 0.311 e. The molecule has 1 aromatic heterocycles. The summed E-state index contributed by atoms with van der Waals surface area (Å²) in [6.45, 7) is 12.6. The van der Waals surface area contributed by atoms with Gasteiger partial charge in [0.2, 0.25) is 5.91 Å². The van der Waals surface area contributed by atoms with Crippen molar-refractivity contribution in [1.82, 2.24) is 9.78 Å². The van der Waals surface area contributed by atoms with E-state index in [4.69, 9.17) is 5.10 Å². The van der Waals surface area contributed by atoms with Crippen molar-refractivity contribution in [2.75, 3.05) is 5.32 Å². The lowest BCUT2D eigenvalue weighted by atomic mass is 9.92. The molecule has 130 valence electrons. The van der Waals surface area contributed by atoms with E-state index in [0.717, 1.165) is 21.5 Å². The summed E-state index contributed by atoms with van der Waals surface area (Å²) in [7, 11) is 0. The second kappa shape index (κ2) is 6.71. The van der Waals surface area contributed by atoms with Crippen molar-refractivity contribution < 1.29 is 4.79 Å². The quantitative estimate of drug-likeness (QED) is 0.809. The normalized spacial score (nSPS) is 12.3. The molecule has 0 spiro atoms. The highest BCUT2D eigenvalue weighted by atomic mass is 79.9. The van der Waals surface area contributed by atoms with Crippen LogP contribution in [0.4, 0.5) is 5.82 Å². The lowest BCUT2D eigenvalue weighted by Gasteiger charge is -2.23. The first-order valence-electron chi connectivity index (χ1n) is 8.12. The van der Waals surface area contributed by atoms with Gasteiger partial charge >= 0.3 is 0 Å². The van der Waals surface area contributed by atoms with Crippen LogP contribution < -0.4 is 5.32 Å². The number of hydrogen-bond acceptors (Lipinski definition) is 2. The third-order valence-corrected chi connectivity index (χ3v) is 4.19. The fourth-order valence-electron chi connectivity index (χ4n) is 2.32. The highest BCUT2D eigenvalue weighted by Crippen LogP contribution is 2.28. The SMILES string of the molecule is CC(C)(C)c1cc(NC(=O)Cc2ccc(Br)cc2)n(C(C)(C)C)n1. The molecule has 1 N–H and O–H groups in total. The van der Waals surface area contributed by atoms with Gasteiger partial charge in [-0.05, 0) is 38.5 Å². The highest BCUT2D eigenvalue weighted by molar-refractivity contribution is 9.10. The Morgan fingerprint density at radius 2 is 1.71 bits per heavy atom. The molecule has 0 bridgehead atoms. The standard InChI is InChI=1S/C19H26BrN3O/c1-18(2,3)15-12-16(23(22-15)19(4,5)6)21-17(24)11-13-7-9-14(20)10-8-13/h7-10,12H,11H2,1-6H3,(H,21,24). The summed E-state index contributed by atoms with van der Waals surface area (Å²) < 4.78 is 2.90. The van der Waals surface area contributed by atoms with Crippen LogP contribution in [-0.2, 0) is 22.2 Å². The van der Waals surface area contributed by atoms with Gasteiger partial charge in [-0.15, -0.1) is 0 Å². The number of halogens is 1. The van der Waals surface area contributed by atoms with E-state index in [1.165, 1.54) is 0 Å². The predicted octanol–water partition coefficient (Wildman–Crippen LogP) is 4.88. The molecular formula is C19H26BrN3O. The number of carbonyl (C=O) groups excluding carboxylic acids is 1. The molecule has 0 saturated carbocycles. The van der Waals surface area contributed by atoms with Crippen molar-refractivity contribution in [3.8, 4) is 0 Å². The third kappa shape index (κ3) is 4.69. The number of rotatable bonds is 3. The van der Waals surface area contributed by atoms with E-state index in [1.54, 1.807) is 0 Å². The molecule has 0 aliphatic rings. The summed E-state index contributed by atoms with van der Waals surface area (Å²) in [5.41, 5.74) is 1.68. The highest BCUT2D eigenvalue weighted by Gasteiger charge is 2.25. The van der Waals surface area contributed by atoms with E-state index in [2.05, 4.69) is 62.8 Å². The fraction of sp³-hybridized carbons (Fsp3) is 0.474. The first kappa shape index (κ1) is 18.7. The Bertz CT molecular complexity index is 719. The van der Waals surface area contributed by atoms with Gasteiger partial charge in [0.1, 0.15) is 5.82 Å². The molecule has 2 aromatic rings. The number of amides is 1. The molecule has 0 aliphatic heterocycles. The van der Waals surface area contributed by atoms with Crippen LogP contribution in [0.3, 0.4) is 0 Å². The number of hydrogen-bond donors (Lipinski definition) is 1. The van der Waals surface area contributed by atoms with Crippen LogP contribution in [0.5, 0.6) is 0 Å². The summed E-state index contributed by atoms with van der Waals surface area (Å²) in [6.07, 6.45) is 0.341. The summed E-state index contributed by atoms with van der Waals surface area (Å²) in [6, 6.07) is 9.76. The Morgan fingerprint density at radius 3 is 2.21 bits per heavy atom. The molecule has 4 nitrogen and oxygen atoms in total. The van der Waals surface area contributed by atoms with Crippen molar-refractivity contribution in [3.63, 3.8) is 0 Å². The monoisotopic (exact) mass is 391 g/mol. The molecule has 0 atom stereocenters. The van der Waals surface area contributed by atoms with Gasteiger partial charge in [-0.1, -0.05) is 48.8 Å².